The van der Waals surface area contributed by atoms with E-state index >= 15 is 0 Å². The van der Waals surface area contributed by atoms with E-state index in [1.807, 2.05) is 37.3 Å². The molecule has 2 N–H and O–H groups in total. The molecule has 23 heavy (non-hydrogen) atoms. The summed E-state index contributed by atoms with van der Waals surface area (Å²) in [5.41, 5.74) is 4.81. The van der Waals surface area contributed by atoms with E-state index in [4.69, 9.17) is 15.2 Å². The molecule has 1 saturated heterocycles. The number of nitrogens with zero attached hydrogens (tertiary/aromatic N) is 3. The maximum atomic E-state index is 9.95. The van der Waals surface area contributed by atoms with Gasteiger partial charge in [-0.3, -0.25) is 0 Å². The van der Waals surface area contributed by atoms with Crippen LogP contribution in [0.1, 0.15) is 12.5 Å². The molecule has 0 radical (unpaired) electrons. The van der Waals surface area contributed by atoms with Crippen molar-refractivity contribution in [1.29, 1.82) is 10.5 Å². The van der Waals surface area contributed by atoms with Gasteiger partial charge in [0.05, 0.1) is 24.8 Å². The molecule has 1 aromatic rings. The lowest BCUT2D eigenvalue weighted by Gasteiger charge is -2.26. The molecule has 2 fully saturated rings. The van der Waals surface area contributed by atoms with E-state index in [0.717, 1.165) is 5.56 Å². The molecule has 1 spiro atoms. The molecule has 116 valence electrons. The molecule has 4 rings (SSSR count). The van der Waals surface area contributed by atoms with Crippen molar-refractivity contribution in [1.82, 2.24) is 0 Å². The molecule has 3 aliphatic rings. The Bertz CT molecular complexity index is 780. The molecule has 1 saturated carbocycles. The van der Waals surface area contributed by atoms with Crippen LogP contribution < -0.4 is 5.73 Å². The summed E-state index contributed by atoms with van der Waals surface area (Å²) in [4.78, 5) is 4.28. The lowest BCUT2D eigenvalue weighted by atomic mass is 9.94. The molecule has 2 aliphatic heterocycles. The van der Waals surface area contributed by atoms with Crippen LogP contribution in [0.5, 0.6) is 0 Å². The van der Waals surface area contributed by atoms with Crippen LogP contribution in [0.4, 0.5) is 0 Å². The van der Waals surface area contributed by atoms with Crippen LogP contribution in [-0.4, -0.2) is 24.5 Å². The second-order valence-corrected chi connectivity index (χ2v) is 6.40. The Morgan fingerprint density at radius 2 is 2.04 bits per heavy atom. The van der Waals surface area contributed by atoms with Gasteiger partial charge in [0.1, 0.15) is 11.3 Å². The fourth-order valence-electron chi connectivity index (χ4n) is 4.19. The highest BCUT2D eigenvalue weighted by Crippen LogP contribution is 2.79. The lowest BCUT2D eigenvalue weighted by molar-refractivity contribution is -0.195. The van der Waals surface area contributed by atoms with Gasteiger partial charge in [0, 0.05) is 5.92 Å². The fraction of sp³-hybridized carbons (Fsp3) is 0.471. The smallest absolute Gasteiger partial charge is 0.293 e. The third-order valence-electron chi connectivity index (χ3n) is 5.26. The minimum Gasteiger partial charge on any atom is -0.386 e. The third kappa shape index (κ3) is 1.41. The fourth-order valence-corrected chi connectivity index (χ4v) is 4.19. The van der Waals surface area contributed by atoms with E-state index in [2.05, 4.69) is 17.1 Å². The summed E-state index contributed by atoms with van der Waals surface area (Å²) in [6.45, 7) is 2.19. The number of rotatable bonds is 2. The van der Waals surface area contributed by atoms with Crippen molar-refractivity contribution in [3.63, 3.8) is 0 Å². The van der Waals surface area contributed by atoms with E-state index in [1.165, 1.54) is 0 Å². The number of benzene rings is 1. The Morgan fingerprint density at radius 3 is 2.61 bits per heavy atom. The minimum atomic E-state index is -1.44. The Morgan fingerprint density at radius 1 is 1.30 bits per heavy atom. The number of nitriles is 2. The van der Waals surface area contributed by atoms with Gasteiger partial charge in [-0.1, -0.05) is 30.3 Å². The van der Waals surface area contributed by atoms with Crippen LogP contribution in [-0.2, 0) is 15.9 Å². The van der Waals surface area contributed by atoms with Crippen molar-refractivity contribution in [2.75, 3.05) is 6.61 Å². The second-order valence-electron chi connectivity index (χ2n) is 6.40. The molecule has 1 aromatic carbocycles. The van der Waals surface area contributed by atoms with E-state index < -0.39 is 16.7 Å². The average molecular weight is 308 g/mol. The van der Waals surface area contributed by atoms with E-state index in [-0.39, 0.29) is 17.9 Å². The summed E-state index contributed by atoms with van der Waals surface area (Å²) >= 11 is 0. The van der Waals surface area contributed by atoms with E-state index in [0.29, 0.717) is 13.0 Å². The monoisotopic (exact) mass is 308 g/mol. The Labute approximate surface area is 134 Å². The first-order valence-electron chi connectivity index (χ1n) is 7.60. The van der Waals surface area contributed by atoms with Gasteiger partial charge in [0.25, 0.3) is 5.91 Å². The zero-order valence-corrected chi connectivity index (χ0v) is 12.7. The molecule has 0 aromatic heterocycles. The zero-order chi connectivity index (χ0) is 16.3. The first kappa shape index (κ1) is 14.2. The topological polar surface area (TPSA) is 104 Å². The summed E-state index contributed by atoms with van der Waals surface area (Å²) in [5.74, 6) is -1.59. The molecular formula is C17H16N4O2. The maximum Gasteiger partial charge on any atom is 0.293 e. The maximum absolute atomic E-state index is 9.95. The van der Waals surface area contributed by atoms with Crippen LogP contribution in [0.15, 0.2) is 35.3 Å². The first-order chi connectivity index (χ1) is 11.1. The Balaban J connectivity index is 1.80. The van der Waals surface area contributed by atoms with Gasteiger partial charge < -0.3 is 15.2 Å². The van der Waals surface area contributed by atoms with Crippen molar-refractivity contribution < 1.29 is 9.47 Å². The number of fused-ring (bicyclic) bond motifs is 2. The van der Waals surface area contributed by atoms with Crippen molar-refractivity contribution in [3.05, 3.63) is 35.9 Å². The quantitative estimate of drug-likeness (QED) is 0.887. The van der Waals surface area contributed by atoms with Gasteiger partial charge in [0.2, 0.25) is 0 Å². The molecule has 6 nitrogen and oxygen atoms in total. The van der Waals surface area contributed by atoms with Gasteiger partial charge in [-0.25, -0.2) is 4.99 Å². The largest absolute Gasteiger partial charge is 0.386 e. The second kappa shape index (κ2) is 4.32. The van der Waals surface area contributed by atoms with Gasteiger partial charge in [-0.2, -0.15) is 10.5 Å². The van der Waals surface area contributed by atoms with Crippen molar-refractivity contribution in [3.8, 4) is 12.1 Å². The van der Waals surface area contributed by atoms with Gasteiger partial charge in [-0.05, 0) is 18.9 Å². The molecule has 1 aliphatic carbocycles. The number of amidine groups is 1. The SMILES string of the molecule is C[C@@H]1CO[C@@]2(N=C(N)[C@@]3(C#N)[C@@H](Cc4ccccc4)[C@@]23C#N)O1. The highest BCUT2D eigenvalue weighted by Gasteiger charge is 2.93. The Kier molecular flexibility index (Phi) is 2.67. The standard InChI is InChI=1S/C17H16N4O2/c1-11-8-22-17(23-11)16(10-19)13(7-12-5-3-2-4-6-12)15(16,9-18)14(20)21-17/h2-6,11,13H,7-8H2,1H3,(H2,20,21)/t11-,13-,15-,16-,17-/m1/s1. The van der Waals surface area contributed by atoms with Crippen LogP contribution in [0.2, 0.25) is 0 Å². The molecular weight excluding hydrogens is 292 g/mol. The zero-order valence-electron chi connectivity index (χ0n) is 12.7. The minimum absolute atomic E-state index is 0.150. The number of hydrogen-bond donors (Lipinski definition) is 1. The molecule has 2 heterocycles. The molecule has 6 heteroatoms. The van der Waals surface area contributed by atoms with Crippen molar-refractivity contribution >= 4 is 5.84 Å². The predicted molar refractivity (Wildman–Crippen MR) is 80.6 cm³/mol. The lowest BCUT2D eigenvalue weighted by Crippen LogP contribution is -2.39. The molecule has 5 atom stereocenters. The number of hydrogen-bond acceptors (Lipinski definition) is 6. The van der Waals surface area contributed by atoms with Crippen LogP contribution in [0.25, 0.3) is 0 Å². The summed E-state index contributed by atoms with van der Waals surface area (Å²) in [6, 6.07) is 14.3. The van der Waals surface area contributed by atoms with Crippen LogP contribution in [0, 0.1) is 39.4 Å². The van der Waals surface area contributed by atoms with Gasteiger partial charge >= 0.3 is 0 Å². The average Bonchev–Trinajstić information content (AvgIpc) is 2.85. The predicted octanol–water partition coefficient (Wildman–Crippen LogP) is 1.34. The normalized spacial score (nSPS) is 43.5. The highest BCUT2D eigenvalue weighted by molar-refractivity contribution is 5.98. The number of nitrogens with two attached hydrogens (primary N) is 1. The van der Waals surface area contributed by atoms with Gasteiger partial charge in [-0.15, -0.1) is 0 Å². The molecule has 0 unspecified atom stereocenters. The number of aliphatic imine (C=N–C) groups is 1. The van der Waals surface area contributed by atoms with E-state index in [9.17, 15) is 10.5 Å². The first-order valence-corrected chi connectivity index (χ1v) is 7.60. The number of ether oxygens (including phenoxy) is 2. The van der Waals surface area contributed by atoms with Crippen molar-refractivity contribution in [2.45, 2.75) is 25.4 Å². The highest BCUT2D eigenvalue weighted by atomic mass is 16.8. The Hall–Kier alpha value is -2.41. The van der Waals surface area contributed by atoms with Crippen LogP contribution in [0.3, 0.4) is 0 Å². The summed E-state index contributed by atoms with van der Waals surface area (Å²) < 4.78 is 11.6. The van der Waals surface area contributed by atoms with Crippen LogP contribution >= 0.6 is 0 Å². The summed E-state index contributed by atoms with van der Waals surface area (Å²) in [7, 11) is 0. The molecule has 0 bridgehead atoms. The third-order valence-corrected chi connectivity index (χ3v) is 5.26. The summed E-state index contributed by atoms with van der Waals surface area (Å²) in [6.07, 6.45) is 0.366. The summed E-state index contributed by atoms with van der Waals surface area (Å²) in [5, 5.41) is 19.8. The van der Waals surface area contributed by atoms with Gasteiger partial charge in [0.15, 0.2) is 5.41 Å². The van der Waals surface area contributed by atoms with Crippen molar-refractivity contribution in [2.24, 2.45) is 27.5 Å². The molecule has 0 amide bonds. The van der Waals surface area contributed by atoms with E-state index in [1.54, 1.807) is 0 Å².